The van der Waals surface area contributed by atoms with E-state index in [0.717, 1.165) is 0 Å². The Morgan fingerprint density at radius 3 is 2.84 bits per heavy atom. The zero-order valence-electron chi connectivity index (χ0n) is 9.80. The Morgan fingerprint density at radius 1 is 1.42 bits per heavy atom. The maximum absolute atomic E-state index is 11.4. The minimum atomic E-state index is -4.12. The summed E-state index contributed by atoms with van der Waals surface area (Å²) in [6.45, 7) is 0.0625. The molecular weight excluding hydrogens is 275 g/mol. The number of rotatable bonds is 5. The van der Waals surface area contributed by atoms with E-state index in [0.29, 0.717) is 5.65 Å². The lowest BCUT2D eigenvalue weighted by Crippen LogP contribution is -2.17. The van der Waals surface area contributed by atoms with Crippen molar-refractivity contribution >= 4 is 18.8 Å². The van der Waals surface area contributed by atoms with Gasteiger partial charge in [0, 0.05) is 0 Å². The predicted octanol–water partition coefficient (Wildman–Crippen LogP) is -0.952. The smallest absolute Gasteiger partial charge is 0.325 e. The molecule has 0 aromatic carbocycles. The lowest BCUT2D eigenvalue weighted by molar-refractivity contribution is 0.149. The molecule has 0 spiro atoms. The van der Waals surface area contributed by atoms with Crippen molar-refractivity contribution in [2.24, 2.45) is 0 Å². The number of hydrogen-bond acceptors (Lipinski definition) is 5. The van der Waals surface area contributed by atoms with Gasteiger partial charge >= 0.3 is 7.60 Å². The first-order chi connectivity index (χ1) is 8.87. The lowest BCUT2D eigenvalue weighted by Gasteiger charge is -2.12. The van der Waals surface area contributed by atoms with Crippen LogP contribution in [-0.2, 0) is 11.1 Å². The van der Waals surface area contributed by atoms with Crippen molar-refractivity contribution in [2.45, 2.75) is 19.1 Å². The van der Waals surface area contributed by atoms with Crippen molar-refractivity contribution in [3.05, 3.63) is 23.0 Å². The number of hydrogen-bond donors (Lipinski definition) is 4. The molecule has 10 heteroatoms. The Bertz CT molecular complexity index is 675. The Labute approximate surface area is 107 Å². The van der Waals surface area contributed by atoms with Gasteiger partial charge in [-0.25, -0.2) is 9.97 Å². The van der Waals surface area contributed by atoms with Crippen LogP contribution in [0.5, 0.6) is 0 Å². The van der Waals surface area contributed by atoms with Crippen LogP contribution in [0.25, 0.3) is 11.2 Å². The van der Waals surface area contributed by atoms with Crippen LogP contribution in [0.2, 0.25) is 0 Å². The van der Waals surface area contributed by atoms with Crippen molar-refractivity contribution in [3.8, 4) is 0 Å². The van der Waals surface area contributed by atoms with Crippen molar-refractivity contribution in [2.75, 3.05) is 6.16 Å². The molecule has 0 aliphatic rings. The van der Waals surface area contributed by atoms with E-state index >= 15 is 0 Å². The second kappa shape index (κ2) is 5.22. The molecule has 0 amide bonds. The first-order valence-electron chi connectivity index (χ1n) is 5.48. The van der Waals surface area contributed by atoms with Crippen LogP contribution in [0.4, 0.5) is 0 Å². The summed E-state index contributed by atoms with van der Waals surface area (Å²) in [6.07, 6.45) is 1.19. The van der Waals surface area contributed by atoms with Crippen molar-refractivity contribution in [1.82, 2.24) is 19.5 Å². The highest BCUT2D eigenvalue weighted by molar-refractivity contribution is 7.51. The van der Waals surface area contributed by atoms with E-state index in [1.807, 2.05) is 0 Å². The highest BCUT2D eigenvalue weighted by Crippen LogP contribution is 2.35. The first kappa shape index (κ1) is 13.9. The number of H-pyrrole nitrogens is 1. The molecule has 2 rings (SSSR count). The van der Waals surface area contributed by atoms with Gasteiger partial charge in [-0.3, -0.25) is 9.36 Å². The Morgan fingerprint density at radius 2 is 2.16 bits per heavy atom. The van der Waals surface area contributed by atoms with Crippen LogP contribution in [0.15, 0.2) is 17.4 Å². The fourth-order valence-electron chi connectivity index (χ4n) is 1.66. The zero-order chi connectivity index (χ0) is 14.0. The summed E-state index contributed by atoms with van der Waals surface area (Å²) >= 11 is 0. The van der Waals surface area contributed by atoms with E-state index in [4.69, 9.17) is 9.79 Å². The molecular formula is C9H13N4O5P. The Hall–Kier alpha value is -1.54. The van der Waals surface area contributed by atoms with E-state index < -0.39 is 19.9 Å². The first-order valence-corrected chi connectivity index (χ1v) is 7.28. The van der Waals surface area contributed by atoms with Gasteiger partial charge in [0.2, 0.25) is 0 Å². The van der Waals surface area contributed by atoms with Gasteiger partial charge in [-0.1, -0.05) is 0 Å². The molecule has 2 heterocycles. The molecule has 0 fully saturated rings. The van der Waals surface area contributed by atoms with E-state index in [1.165, 1.54) is 17.2 Å². The monoisotopic (exact) mass is 288 g/mol. The summed E-state index contributed by atoms with van der Waals surface area (Å²) in [4.78, 5) is 39.0. The number of aromatic nitrogens is 4. The third-order valence-corrected chi connectivity index (χ3v) is 3.41. The van der Waals surface area contributed by atoms with Crippen LogP contribution >= 0.6 is 7.60 Å². The molecule has 2 aromatic heterocycles. The maximum atomic E-state index is 11.4. The zero-order valence-corrected chi connectivity index (χ0v) is 10.7. The van der Waals surface area contributed by atoms with Gasteiger partial charge in [-0.2, -0.15) is 0 Å². The van der Waals surface area contributed by atoms with E-state index in [9.17, 15) is 14.5 Å². The number of nitrogens with one attached hydrogen (secondary N) is 1. The summed E-state index contributed by atoms with van der Waals surface area (Å²) in [7, 11) is -4.12. The molecule has 2 aromatic rings. The number of imidazole rings is 1. The van der Waals surface area contributed by atoms with Crippen LogP contribution in [0.3, 0.4) is 0 Å². The second-order valence-corrected chi connectivity index (χ2v) is 5.91. The Kier molecular flexibility index (Phi) is 3.81. The quantitative estimate of drug-likeness (QED) is 0.519. The third-order valence-electron chi connectivity index (χ3n) is 2.57. The van der Waals surface area contributed by atoms with Gasteiger partial charge in [-0.05, 0) is 6.42 Å². The molecule has 0 unspecified atom stereocenters. The molecule has 9 nitrogen and oxygen atoms in total. The van der Waals surface area contributed by atoms with Crippen molar-refractivity contribution < 1.29 is 19.5 Å². The number of fused-ring (bicyclic) bond motifs is 1. The van der Waals surface area contributed by atoms with Gasteiger partial charge in [-0.15, -0.1) is 0 Å². The standard InChI is InChI=1S/C9H13N4O5P/c14-6(1-2-19(16,17)18)3-13-5-12-7-8(13)10-4-11-9(7)15/h4-6,14H,1-3H2,(H,10,11,15)(H2,16,17,18)/t6-/m1/s1. The summed E-state index contributed by atoms with van der Waals surface area (Å²) < 4.78 is 12.2. The summed E-state index contributed by atoms with van der Waals surface area (Å²) in [5.41, 5.74) is 0.0946. The third kappa shape index (κ3) is 3.48. The number of nitrogens with zero attached hydrogens (tertiary/aromatic N) is 3. The van der Waals surface area contributed by atoms with E-state index in [-0.39, 0.29) is 24.0 Å². The fourth-order valence-corrected chi connectivity index (χ4v) is 2.30. The normalized spacial score (nSPS) is 13.8. The second-order valence-electron chi connectivity index (χ2n) is 4.13. The number of aliphatic hydroxyl groups is 1. The van der Waals surface area contributed by atoms with Gasteiger partial charge < -0.3 is 24.4 Å². The van der Waals surface area contributed by atoms with Crippen LogP contribution in [0.1, 0.15) is 6.42 Å². The minimum Gasteiger partial charge on any atom is -0.391 e. The largest absolute Gasteiger partial charge is 0.391 e. The number of aromatic amines is 1. The molecule has 0 saturated carbocycles. The number of aliphatic hydroxyl groups excluding tert-OH is 1. The molecule has 0 saturated heterocycles. The lowest BCUT2D eigenvalue weighted by atomic mass is 10.3. The van der Waals surface area contributed by atoms with Gasteiger partial charge in [0.25, 0.3) is 5.56 Å². The summed E-state index contributed by atoms with van der Waals surface area (Å²) in [6, 6.07) is 0. The molecule has 0 bridgehead atoms. The summed E-state index contributed by atoms with van der Waals surface area (Å²) in [5, 5.41) is 9.71. The predicted molar refractivity (Wildman–Crippen MR) is 65.7 cm³/mol. The van der Waals surface area contributed by atoms with E-state index in [1.54, 1.807) is 0 Å². The van der Waals surface area contributed by atoms with Crippen LogP contribution < -0.4 is 5.56 Å². The molecule has 1 atom stereocenters. The highest BCUT2D eigenvalue weighted by Gasteiger charge is 2.17. The highest BCUT2D eigenvalue weighted by atomic mass is 31.2. The average molecular weight is 288 g/mol. The molecule has 104 valence electrons. The molecule has 19 heavy (non-hydrogen) atoms. The van der Waals surface area contributed by atoms with Gasteiger partial charge in [0.15, 0.2) is 11.2 Å². The van der Waals surface area contributed by atoms with Crippen LogP contribution in [-0.4, -0.2) is 46.7 Å². The average Bonchev–Trinajstić information content (AvgIpc) is 2.71. The molecule has 0 aliphatic heterocycles. The van der Waals surface area contributed by atoms with E-state index in [2.05, 4.69) is 15.0 Å². The van der Waals surface area contributed by atoms with Crippen molar-refractivity contribution in [1.29, 1.82) is 0 Å². The van der Waals surface area contributed by atoms with Crippen LogP contribution in [0, 0.1) is 0 Å². The topological polar surface area (TPSA) is 141 Å². The molecule has 0 radical (unpaired) electrons. The Balaban J connectivity index is 2.11. The van der Waals surface area contributed by atoms with Crippen molar-refractivity contribution in [3.63, 3.8) is 0 Å². The van der Waals surface area contributed by atoms with Gasteiger partial charge in [0.05, 0.1) is 31.5 Å². The molecule has 4 N–H and O–H groups in total. The maximum Gasteiger partial charge on any atom is 0.325 e. The SMILES string of the molecule is O=c1[nH]cnc2c1ncn2C[C@H](O)CCP(=O)(O)O. The fraction of sp³-hybridized carbons (Fsp3) is 0.444. The summed E-state index contributed by atoms with van der Waals surface area (Å²) in [5.74, 6) is 0. The molecule has 0 aliphatic carbocycles. The van der Waals surface area contributed by atoms with Gasteiger partial charge in [0.1, 0.15) is 0 Å². The minimum absolute atomic E-state index is 0.0485.